The first kappa shape index (κ1) is 16.0. The molecule has 0 aliphatic carbocycles. The molecule has 2 heterocycles. The summed E-state index contributed by atoms with van der Waals surface area (Å²) in [6, 6.07) is 12.6. The Morgan fingerprint density at radius 2 is 1.88 bits per heavy atom. The van der Waals surface area contributed by atoms with Crippen molar-refractivity contribution in [2.75, 3.05) is 0 Å². The first-order valence-corrected chi connectivity index (χ1v) is 8.04. The standard InChI is InChI=1S/C19H14FN3O3/c1-2-23-14-6-4-3-5-13(14)16(24)15(19(23)25)18-21-17(22-26-18)11-7-9-12(20)10-8-11/h3-10,24H,2H2,1H3. The number of hydrogen-bond acceptors (Lipinski definition) is 5. The van der Waals surface area contributed by atoms with Gasteiger partial charge in [-0.2, -0.15) is 4.98 Å². The molecule has 0 fully saturated rings. The van der Waals surface area contributed by atoms with E-state index in [-0.39, 0.29) is 28.8 Å². The molecular formula is C19H14FN3O3. The van der Waals surface area contributed by atoms with Gasteiger partial charge >= 0.3 is 0 Å². The van der Waals surface area contributed by atoms with Crippen molar-refractivity contribution >= 4 is 10.9 Å². The SMILES string of the molecule is CCn1c(=O)c(-c2nc(-c3ccc(F)cc3)no2)c(O)c2ccccc21. The van der Waals surface area contributed by atoms with E-state index in [1.165, 1.54) is 28.8 Å². The van der Waals surface area contributed by atoms with Crippen LogP contribution in [0.4, 0.5) is 4.39 Å². The Morgan fingerprint density at radius 1 is 1.15 bits per heavy atom. The van der Waals surface area contributed by atoms with E-state index < -0.39 is 5.56 Å². The molecule has 26 heavy (non-hydrogen) atoms. The molecule has 0 saturated carbocycles. The third kappa shape index (κ3) is 2.45. The number of nitrogens with zero attached hydrogens (tertiary/aromatic N) is 3. The maximum atomic E-state index is 13.1. The Balaban J connectivity index is 1.93. The summed E-state index contributed by atoms with van der Waals surface area (Å²) in [5.41, 5.74) is 0.696. The van der Waals surface area contributed by atoms with Crippen molar-refractivity contribution in [1.29, 1.82) is 0 Å². The minimum absolute atomic E-state index is 0.0496. The van der Waals surface area contributed by atoms with Crippen LogP contribution < -0.4 is 5.56 Å². The highest BCUT2D eigenvalue weighted by Gasteiger charge is 2.22. The summed E-state index contributed by atoms with van der Waals surface area (Å²) in [4.78, 5) is 17.1. The van der Waals surface area contributed by atoms with Gasteiger partial charge in [0.15, 0.2) is 0 Å². The van der Waals surface area contributed by atoms with Gasteiger partial charge in [-0.25, -0.2) is 4.39 Å². The summed E-state index contributed by atoms with van der Waals surface area (Å²) in [5, 5.41) is 15.0. The second kappa shape index (κ2) is 6.11. The molecule has 1 N–H and O–H groups in total. The highest BCUT2D eigenvalue weighted by Crippen LogP contribution is 2.33. The number of benzene rings is 2. The zero-order valence-corrected chi connectivity index (χ0v) is 13.8. The normalized spacial score (nSPS) is 11.2. The van der Waals surface area contributed by atoms with Crippen molar-refractivity contribution in [2.24, 2.45) is 0 Å². The molecule has 0 amide bonds. The lowest BCUT2D eigenvalue weighted by Gasteiger charge is -2.11. The van der Waals surface area contributed by atoms with Crippen LogP contribution in [0, 0.1) is 5.82 Å². The molecule has 0 bridgehead atoms. The number of aryl methyl sites for hydroxylation is 1. The first-order valence-electron chi connectivity index (χ1n) is 8.04. The molecule has 0 unspecified atom stereocenters. The Morgan fingerprint density at radius 3 is 2.62 bits per heavy atom. The third-order valence-electron chi connectivity index (χ3n) is 4.20. The van der Waals surface area contributed by atoms with Crippen LogP contribution in [0.3, 0.4) is 0 Å². The number of aromatic nitrogens is 3. The van der Waals surface area contributed by atoms with Crippen molar-refractivity contribution in [3.8, 4) is 28.6 Å². The van der Waals surface area contributed by atoms with Crippen molar-refractivity contribution in [1.82, 2.24) is 14.7 Å². The van der Waals surface area contributed by atoms with Crippen LogP contribution in [0.5, 0.6) is 5.75 Å². The van der Waals surface area contributed by atoms with Crippen molar-refractivity contribution < 1.29 is 14.0 Å². The number of fused-ring (bicyclic) bond motifs is 1. The van der Waals surface area contributed by atoms with Crippen LogP contribution in [0.2, 0.25) is 0 Å². The van der Waals surface area contributed by atoms with Gasteiger partial charge in [-0.05, 0) is 43.3 Å². The summed E-state index contributed by atoms with van der Waals surface area (Å²) in [6.45, 7) is 2.26. The van der Waals surface area contributed by atoms with E-state index in [2.05, 4.69) is 10.1 Å². The smallest absolute Gasteiger partial charge is 0.267 e. The van der Waals surface area contributed by atoms with E-state index in [0.29, 0.717) is 23.0 Å². The minimum atomic E-state index is -0.419. The van der Waals surface area contributed by atoms with Crippen LogP contribution in [-0.2, 0) is 6.54 Å². The largest absolute Gasteiger partial charge is 0.506 e. The highest BCUT2D eigenvalue weighted by atomic mass is 19.1. The van der Waals surface area contributed by atoms with Gasteiger partial charge < -0.3 is 14.2 Å². The Labute approximate surface area is 147 Å². The summed E-state index contributed by atoms with van der Waals surface area (Å²) >= 11 is 0. The molecule has 0 spiro atoms. The Bertz CT molecular complexity index is 1160. The van der Waals surface area contributed by atoms with Crippen LogP contribution >= 0.6 is 0 Å². The van der Waals surface area contributed by atoms with Crippen molar-refractivity contribution in [3.63, 3.8) is 0 Å². The van der Waals surface area contributed by atoms with Crippen LogP contribution in [0.15, 0.2) is 57.8 Å². The van der Waals surface area contributed by atoms with E-state index in [1.54, 1.807) is 24.3 Å². The molecule has 2 aromatic carbocycles. The Kier molecular flexibility index (Phi) is 3.76. The maximum Gasteiger partial charge on any atom is 0.267 e. The van der Waals surface area contributed by atoms with Crippen LogP contribution in [0.1, 0.15) is 6.92 Å². The zero-order chi connectivity index (χ0) is 18.3. The number of halogens is 1. The van der Waals surface area contributed by atoms with Crippen LogP contribution in [0.25, 0.3) is 33.7 Å². The molecule has 130 valence electrons. The lowest BCUT2D eigenvalue weighted by Crippen LogP contribution is -2.21. The van der Waals surface area contributed by atoms with Gasteiger partial charge in [0.05, 0.1) is 5.52 Å². The molecule has 0 aliphatic rings. The van der Waals surface area contributed by atoms with Gasteiger partial charge in [0.1, 0.15) is 17.1 Å². The van der Waals surface area contributed by atoms with Crippen LogP contribution in [-0.4, -0.2) is 19.8 Å². The third-order valence-corrected chi connectivity index (χ3v) is 4.20. The van der Waals surface area contributed by atoms with Crippen molar-refractivity contribution in [3.05, 3.63) is 64.7 Å². The first-order chi connectivity index (χ1) is 12.6. The van der Waals surface area contributed by atoms with Gasteiger partial charge in [-0.3, -0.25) is 4.79 Å². The number of hydrogen-bond donors (Lipinski definition) is 1. The lowest BCUT2D eigenvalue weighted by atomic mass is 10.1. The quantitative estimate of drug-likeness (QED) is 0.610. The topological polar surface area (TPSA) is 81.2 Å². The fourth-order valence-corrected chi connectivity index (χ4v) is 2.94. The monoisotopic (exact) mass is 351 g/mol. The minimum Gasteiger partial charge on any atom is -0.506 e. The van der Waals surface area contributed by atoms with Crippen molar-refractivity contribution in [2.45, 2.75) is 13.5 Å². The molecule has 0 atom stereocenters. The number of rotatable bonds is 3. The molecule has 0 saturated heterocycles. The maximum absolute atomic E-state index is 13.1. The van der Waals surface area contributed by atoms with Gasteiger partial charge in [0, 0.05) is 17.5 Å². The van der Waals surface area contributed by atoms with E-state index in [4.69, 9.17) is 4.52 Å². The van der Waals surface area contributed by atoms with Gasteiger partial charge in [0.2, 0.25) is 5.82 Å². The summed E-state index contributed by atoms with van der Waals surface area (Å²) in [7, 11) is 0. The average Bonchev–Trinajstić information content (AvgIpc) is 3.12. The number of pyridine rings is 1. The molecule has 6 nitrogen and oxygen atoms in total. The predicted molar refractivity (Wildman–Crippen MR) is 94.2 cm³/mol. The van der Waals surface area contributed by atoms with E-state index >= 15 is 0 Å². The summed E-state index contributed by atoms with van der Waals surface area (Å²) in [6.07, 6.45) is 0. The second-order valence-electron chi connectivity index (χ2n) is 5.72. The molecule has 7 heteroatoms. The highest BCUT2D eigenvalue weighted by molar-refractivity contribution is 5.90. The number of para-hydroxylation sites is 1. The number of aromatic hydroxyl groups is 1. The predicted octanol–water partition coefficient (Wildman–Crippen LogP) is 3.58. The zero-order valence-electron chi connectivity index (χ0n) is 13.8. The van der Waals surface area contributed by atoms with Gasteiger partial charge in [-0.1, -0.05) is 17.3 Å². The fourth-order valence-electron chi connectivity index (χ4n) is 2.94. The lowest BCUT2D eigenvalue weighted by molar-refractivity contribution is 0.425. The molecule has 2 aromatic heterocycles. The molecular weight excluding hydrogens is 337 g/mol. The van der Waals surface area contributed by atoms with Gasteiger partial charge in [-0.15, -0.1) is 0 Å². The summed E-state index contributed by atoms with van der Waals surface area (Å²) < 4.78 is 19.8. The average molecular weight is 351 g/mol. The molecule has 4 aromatic rings. The van der Waals surface area contributed by atoms with Gasteiger partial charge in [0.25, 0.3) is 11.4 Å². The molecule has 4 rings (SSSR count). The second-order valence-corrected chi connectivity index (χ2v) is 5.72. The Hall–Kier alpha value is -3.48. The van der Waals surface area contributed by atoms with E-state index in [0.717, 1.165) is 0 Å². The summed E-state index contributed by atoms with van der Waals surface area (Å²) in [5.74, 6) is -0.463. The fraction of sp³-hybridized carbons (Fsp3) is 0.105. The molecule has 0 radical (unpaired) electrons. The van der Waals surface area contributed by atoms with E-state index in [1.807, 2.05) is 6.92 Å². The molecule has 0 aliphatic heterocycles. The van der Waals surface area contributed by atoms with E-state index in [9.17, 15) is 14.3 Å².